The predicted molar refractivity (Wildman–Crippen MR) is 71.0 cm³/mol. The van der Waals surface area contributed by atoms with Crippen molar-refractivity contribution in [1.82, 2.24) is 4.31 Å². The lowest BCUT2D eigenvalue weighted by atomic mass is 10.4. The molecule has 2 heterocycles. The third kappa shape index (κ3) is 2.87. The van der Waals surface area contributed by atoms with Gasteiger partial charge in [0.15, 0.2) is 0 Å². The van der Waals surface area contributed by atoms with Gasteiger partial charge in [-0.3, -0.25) is 0 Å². The summed E-state index contributed by atoms with van der Waals surface area (Å²) in [6.45, 7) is 2.29. The highest BCUT2D eigenvalue weighted by Crippen LogP contribution is 2.25. The van der Waals surface area contributed by atoms with E-state index in [-0.39, 0.29) is 10.8 Å². The van der Waals surface area contributed by atoms with Crippen molar-refractivity contribution in [1.29, 1.82) is 5.26 Å². The Hall–Kier alpha value is -1.62. The molecule has 0 aliphatic heterocycles. The van der Waals surface area contributed by atoms with Gasteiger partial charge in [-0.1, -0.05) is 6.92 Å². The molecule has 0 bridgehead atoms. The molecule has 0 saturated carbocycles. The van der Waals surface area contributed by atoms with Gasteiger partial charge in [0.25, 0.3) is 10.0 Å². The molecular formula is C12H12N2O3S2. The molecule has 0 spiro atoms. The summed E-state index contributed by atoms with van der Waals surface area (Å²) in [6.07, 6.45) is 1.51. The Labute approximate surface area is 115 Å². The second kappa shape index (κ2) is 5.57. The number of furan rings is 1. The zero-order valence-corrected chi connectivity index (χ0v) is 11.9. The summed E-state index contributed by atoms with van der Waals surface area (Å²) < 4.78 is 31.5. The van der Waals surface area contributed by atoms with E-state index in [0.29, 0.717) is 17.2 Å². The largest absolute Gasteiger partial charge is 0.468 e. The highest BCUT2D eigenvalue weighted by atomic mass is 32.2. The van der Waals surface area contributed by atoms with Crippen LogP contribution < -0.4 is 0 Å². The van der Waals surface area contributed by atoms with Gasteiger partial charge in [-0.2, -0.15) is 9.57 Å². The van der Waals surface area contributed by atoms with Crippen molar-refractivity contribution >= 4 is 21.4 Å². The van der Waals surface area contributed by atoms with Crippen molar-refractivity contribution in [3.05, 3.63) is 41.2 Å². The predicted octanol–water partition coefficient (Wildman–Crippen LogP) is 2.42. The molecule has 2 aromatic rings. The summed E-state index contributed by atoms with van der Waals surface area (Å²) in [6, 6.07) is 8.36. The molecule has 100 valence electrons. The van der Waals surface area contributed by atoms with Gasteiger partial charge >= 0.3 is 0 Å². The van der Waals surface area contributed by atoms with Crippen LogP contribution in [0.15, 0.2) is 39.2 Å². The normalized spacial score (nSPS) is 11.6. The molecule has 0 unspecified atom stereocenters. The lowest BCUT2D eigenvalue weighted by Crippen LogP contribution is -2.29. The third-order valence-electron chi connectivity index (χ3n) is 2.55. The average Bonchev–Trinajstić information content (AvgIpc) is 3.06. The van der Waals surface area contributed by atoms with Crippen LogP contribution in [0.5, 0.6) is 0 Å². The molecule has 0 atom stereocenters. The second-order valence-corrected chi connectivity index (χ2v) is 6.99. The second-order valence-electron chi connectivity index (χ2n) is 3.74. The molecule has 0 fully saturated rings. The van der Waals surface area contributed by atoms with Crippen LogP contribution in [0.3, 0.4) is 0 Å². The third-order valence-corrected chi connectivity index (χ3v) is 5.93. The maximum Gasteiger partial charge on any atom is 0.252 e. The zero-order valence-electron chi connectivity index (χ0n) is 10.2. The van der Waals surface area contributed by atoms with Crippen LogP contribution in [-0.2, 0) is 16.6 Å². The van der Waals surface area contributed by atoms with Gasteiger partial charge in [0.2, 0.25) is 0 Å². The fourth-order valence-corrected chi connectivity index (χ4v) is 4.26. The van der Waals surface area contributed by atoms with E-state index in [0.717, 1.165) is 11.3 Å². The first-order chi connectivity index (χ1) is 9.07. The minimum atomic E-state index is -3.58. The molecule has 0 aliphatic rings. The van der Waals surface area contributed by atoms with Gasteiger partial charge in [-0.05, 0) is 24.3 Å². The van der Waals surface area contributed by atoms with E-state index < -0.39 is 10.0 Å². The highest BCUT2D eigenvalue weighted by Gasteiger charge is 2.25. The van der Waals surface area contributed by atoms with E-state index in [1.807, 2.05) is 6.07 Å². The number of rotatable bonds is 5. The molecule has 0 saturated heterocycles. The van der Waals surface area contributed by atoms with Crippen molar-refractivity contribution in [2.24, 2.45) is 0 Å². The minimum Gasteiger partial charge on any atom is -0.468 e. The first-order valence-electron chi connectivity index (χ1n) is 5.60. The maximum absolute atomic E-state index is 12.4. The van der Waals surface area contributed by atoms with E-state index in [9.17, 15) is 8.42 Å². The lowest BCUT2D eigenvalue weighted by Gasteiger charge is -2.18. The summed E-state index contributed by atoms with van der Waals surface area (Å²) >= 11 is 0.975. The topological polar surface area (TPSA) is 74.3 Å². The molecule has 0 amide bonds. The van der Waals surface area contributed by atoms with Gasteiger partial charge in [0.05, 0.1) is 12.8 Å². The fourth-order valence-electron chi connectivity index (χ4n) is 1.59. The number of hydrogen-bond acceptors (Lipinski definition) is 5. The monoisotopic (exact) mass is 296 g/mol. The van der Waals surface area contributed by atoms with E-state index in [1.165, 1.54) is 22.7 Å². The van der Waals surface area contributed by atoms with Crippen LogP contribution >= 0.6 is 11.3 Å². The Bertz CT molecular complexity index is 681. The maximum atomic E-state index is 12.4. The van der Waals surface area contributed by atoms with Crippen molar-refractivity contribution in [3.8, 4) is 6.07 Å². The summed E-state index contributed by atoms with van der Waals surface area (Å²) in [7, 11) is -3.58. The standard InChI is InChI=1S/C12H12N2O3S2/c1-2-14(9-10-4-3-7-17-10)19(15,16)12-6-5-11(8-13)18-12/h3-7H,2,9H2,1H3. The van der Waals surface area contributed by atoms with Crippen LogP contribution in [0.4, 0.5) is 0 Å². The summed E-state index contributed by atoms with van der Waals surface area (Å²) in [5.41, 5.74) is 0. The van der Waals surface area contributed by atoms with Crippen LogP contribution in [0.1, 0.15) is 17.6 Å². The number of nitrogens with zero attached hydrogens (tertiary/aromatic N) is 2. The molecule has 0 aromatic carbocycles. The Balaban J connectivity index is 2.28. The van der Waals surface area contributed by atoms with E-state index in [1.54, 1.807) is 19.1 Å². The van der Waals surface area contributed by atoms with Gasteiger partial charge in [0, 0.05) is 6.54 Å². The van der Waals surface area contributed by atoms with Gasteiger partial charge in [-0.15, -0.1) is 11.3 Å². The molecular weight excluding hydrogens is 284 g/mol. The molecule has 0 N–H and O–H groups in total. The first kappa shape index (κ1) is 13.8. The van der Waals surface area contributed by atoms with Gasteiger partial charge < -0.3 is 4.42 Å². The van der Waals surface area contributed by atoms with Gasteiger partial charge in [-0.25, -0.2) is 8.42 Å². The Kier molecular flexibility index (Phi) is 4.04. The fraction of sp³-hybridized carbons (Fsp3) is 0.250. The summed E-state index contributed by atoms with van der Waals surface area (Å²) in [5.74, 6) is 0.586. The molecule has 0 aliphatic carbocycles. The molecule has 0 radical (unpaired) electrons. The van der Waals surface area contributed by atoms with E-state index >= 15 is 0 Å². The minimum absolute atomic E-state index is 0.178. The van der Waals surface area contributed by atoms with Crippen molar-refractivity contribution in [2.45, 2.75) is 17.7 Å². The smallest absolute Gasteiger partial charge is 0.252 e. The number of hydrogen-bond donors (Lipinski definition) is 0. The molecule has 2 rings (SSSR count). The average molecular weight is 296 g/mol. The zero-order chi connectivity index (χ0) is 13.9. The van der Waals surface area contributed by atoms with Crippen LogP contribution in [0.2, 0.25) is 0 Å². The number of sulfonamides is 1. The van der Waals surface area contributed by atoms with Gasteiger partial charge in [0.1, 0.15) is 20.9 Å². The Morgan fingerprint density at radius 2 is 2.21 bits per heavy atom. The number of nitriles is 1. The van der Waals surface area contributed by atoms with Crippen molar-refractivity contribution in [2.75, 3.05) is 6.54 Å². The SMILES string of the molecule is CCN(Cc1ccco1)S(=O)(=O)c1ccc(C#N)s1. The van der Waals surface area contributed by atoms with E-state index in [2.05, 4.69) is 0 Å². The first-order valence-corrected chi connectivity index (χ1v) is 7.86. The van der Waals surface area contributed by atoms with Crippen LogP contribution in [0.25, 0.3) is 0 Å². The van der Waals surface area contributed by atoms with Crippen molar-refractivity contribution in [3.63, 3.8) is 0 Å². The van der Waals surface area contributed by atoms with Crippen LogP contribution in [-0.4, -0.2) is 19.3 Å². The molecule has 19 heavy (non-hydrogen) atoms. The lowest BCUT2D eigenvalue weighted by molar-refractivity contribution is 0.376. The quantitative estimate of drug-likeness (QED) is 0.849. The summed E-state index contributed by atoms with van der Waals surface area (Å²) in [4.78, 5) is 0.382. The Morgan fingerprint density at radius 1 is 1.42 bits per heavy atom. The molecule has 2 aromatic heterocycles. The van der Waals surface area contributed by atoms with Crippen LogP contribution in [0, 0.1) is 11.3 Å². The summed E-state index contributed by atoms with van der Waals surface area (Å²) in [5, 5.41) is 8.76. The highest BCUT2D eigenvalue weighted by molar-refractivity contribution is 7.91. The van der Waals surface area contributed by atoms with Crippen molar-refractivity contribution < 1.29 is 12.8 Å². The molecule has 7 heteroatoms. The van der Waals surface area contributed by atoms with E-state index in [4.69, 9.17) is 9.68 Å². The molecule has 5 nitrogen and oxygen atoms in total. The Morgan fingerprint density at radius 3 is 2.74 bits per heavy atom. The number of thiophene rings is 1.